The van der Waals surface area contributed by atoms with Crippen molar-refractivity contribution in [2.75, 3.05) is 13.1 Å². The van der Waals surface area contributed by atoms with Crippen molar-refractivity contribution in [1.29, 1.82) is 0 Å². The number of carbonyl (C=O) groups is 1. The summed E-state index contributed by atoms with van der Waals surface area (Å²) in [6.07, 6.45) is 1.01. The van der Waals surface area contributed by atoms with Crippen molar-refractivity contribution in [3.05, 3.63) is 29.8 Å². The molecule has 19 heavy (non-hydrogen) atoms. The smallest absolute Gasteiger partial charge is 0.240 e. The van der Waals surface area contributed by atoms with Gasteiger partial charge < -0.3 is 5.32 Å². The first kappa shape index (κ1) is 15.7. The van der Waals surface area contributed by atoms with Crippen LogP contribution in [0.5, 0.6) is 0 Å². The van der Waals surface area contributed by atoms with Gasteiger partial charge in [0.05, 0.1) is 4.90 Å². The standard InChI is InChI=1S/C13H20N2O3S/c1-3-13(16)14-9-4-10-15-19(17,18)12-7-5-11(2)6-8-12/h5-8,15H,3-4,9-10H2,1-2H3,(H,14,16). The molecule has 1 aromatic rings. The van der Waals surface area contributed by atoms with Gasteiger partial charge >= 0.3 is 0 Å². The largest absolute Gasteiger partial charge is 0.356 e. The van der Waals surface area contributed by atoms with Gasteiger partial charge in [-0.1, -0.05) is 24.6 Å². The zero-order valence-corrected chi connectivity index (χ0v) is 12.1. The van der Waals surface area contributed by atoms with E-state index >= 15 is 0 Å². The molecule has 5 nitrogen and oxygen atoms in total. The van der Waals surface area contributed by atoms with E-state index < -0.39 is 10.0 Å². The molecule has 0 aliphatic heterocycles. The van der Waals surface area contributed by atoms with E-state index in [0.717, 1.165) is 5.56 Å². The average molecular weight is 284 g/mol. The predicted octanol–water partition coefficient (Wildman–Crippen LogP) is 1.19. The molecule has 0 aliphatic carbocycles. The highest BCUT2D eigenvalue weighted by Gasteiger charge is 2.12. The van der Waals surface area contributed by atoms with E-state index in [0.29, 0.717) is 25.9 Å². The molecule has 0 aromatic heterocycles. The Morgan fingerprint density at radius 1 is 1.16 bits per heavy atom. The Balaban J connectivity index is 2.39. The van der Waals surface area contributed by atoms with Crippen molar-refractivity contribution >= 4 is 15.9 Å². The SMILES string of the molecule is CCC(=O)NCCCNS(=O)(=O)c1ccc(C)cc1. The van der Waals surface area contributed by atoms with Gasteiger partial charge in [-0.3, -0.25) is 4.79 Å². The van der Waals surface area contributed by atoms with Gasteiger partial charge in [-0.2, -0.15) is 0 Å². The van der Waals surface area contributed by atoms with E-state index in [2.05, 4.69) is 10.0 Å². The second-order valence-corrected chi connectivity index (χ2v) is 6.03. The number of benzene rings is 1. The number of aryl methyl sites for hydroxylation is 1. The fourth-order valence-corrected chi connectivity index (χ4v) is 2.52. The Labute approximate surface area is 114 Å². The number of carbonyl (C=O) groups excluding carboxylic acids is 1. The van der Waals surface area contributed by atoms with Crippen LogP contribution in [-0.4, -0.2) is 27.4 Å². The van der Waals surface area contributed by atoms with Gasteiger partial charge in [0.25, 0.3) is 0 Å². The Hall–Kier alpha value is -1.40. The van der Waals surface area contributed by atoms with Crippen LogP contribution in [0.3, 0.4) is 0 Å². The van der Waals surface area contributed by atoms with E-state index in [1.807, 2.05) is 6.92 Å². The molecule has 2 N–H and O–H groups in total. The van der Waals surface area contributed by atoms with Crippen LogP contribution >= 0.6 is 0 Å². The molecule has 0 atom stereocenters. The highest BCUT2D eigenvalue weighted by atomic mass is 32.2. The number of sulfonamides is 1. The molecule has 0 aliphatic rings. The zero-order chi connectivity index (χ0) is 14.3. The van der Waals surface area contributed by atoms with E-state index in [-0.39, 0.29) is 10.8 Å². The van der Waals surface area contributed by atoms with Crippen molar-refractivity contribution in [3.8, 4) is 0 Å². The molecule has 0 saturated heterocycles. The molecular weight excluding hydrogens is 264 g/mol. The van der Waals surface area contributed by atoms with Crippen LogP contribution in [0.1, 0.15) is 25.3 Å². The lowest BCUT2D eigenvalue weighted by molar-refractivity contribution is -0.120. The highest BCUT2D eigenvalue weighted by Crippen LogP contribution is 2.09. The summed E-state index contributed by atoms with van der Waals surface area (Å²) >= 11 is 0. The number of nitrogens with one attached hydrogen (secondary N) is 2. The van der Waals surface area contributed by atoms with Crippen LogP contribution in [0.2, 0.25) is 0 Å². The molecule has 0 fully saturated rings. The highest BCUT2D eigenvalue weighted by molar-refractivity contribution is 7.89. The summed E-state index contributed by atoms with van der Waals surface area (Å²) in [5, 5.41) is 2.69. The lowest BCUT2D eigenvalue weighted by Gasteiger charge is -2.07. The molecule has 6 heteroatoms. The summed E-state index contributed by atoms with van der Waals surface area (Å²) in [7, 11) is -3.45. The minimum Gasteiger partial charge on any atom is -0.356 e. The normalized spacial score (nSPS) is 11.3. The number of hydrogen-bond donors (Lipinski definition) is 2. The summed E-state index contributed by atoms with van der Waals surface area (Å²) in [4.78, 5) is 11.2. The van der Waals surface area contributed by atoms with Crippen LogP contribution in [0.25, 0.3) is 0 Å². The first-order valence-electron chi connectivity index (χ1n) is 6.28. The molecule has 0 unspecified atom stereocenters. The maximum atomic E-state index is 11.9. The third-order valence-corrected chi connectivity index (χ3v) is 4.10. The Bertz CT molecular complexity index is 509. The lowest BCUT2D eigenvalue weighted by Crippen LogP contribution is -2.29. The average Bonchev–Trinajstić information content (AvgIpc) is 2.38. The molecule has 1 rings (SSSR count). The number of hydrogen-bond acceptors (Lipinski definition) is 3. The second-order valence-electron chi connectivity index (χ2n) is 4.27. The molecule has 106 valence electrons. The molecule has 1 amide bonds. The minimum atomic E-state index is -3.45. The summed E-state index contributed by atoms with van der Waals surface area (Å²) in [5.41, 5.74) is 1.02. The van der Waals surface area contributed by atoms with Crippen molar-refractivity contribution < 1.29 is 13.2 Å². The van der Waals surface area contributed by atoms with Crippen molar-refractivity contribution in [3.63, 3.8) is 0 Å². The van der Waals surface area contributed by atoms with Gasteiger partial charge in [0, 0.05) is 19.5 Å². The maximum absolute atomic E-state index is 11.9. The summed E-state index contributed by atoms with van der Waals surface area (Å²) in [6, 6.07) is 6.68. The first-order chi connectivity index (χ1) is 8.95. The molecule has 0 saturated carbocycles. The van der Waals surface area contributed by atoms with Gasteiger partial charge in [-0.05, 0) is 25.5 Å². The third kappa shape index (κ3) is 5.40. The topological polar surface area (TPSA) is 75.3 Å². The zero-order valence-electron chi connectivity index (χ0n) is 11.3. The van der Waals surface area contributed by atoms with Gasteiger partial charge in [0.1, 0.15) is 0 Å². The quantitative estimate of drug-likeness (QED) is 0.739. The molecule has 0 spiro atoms. The summed E-state index contributed by atoms with van der Waals surface area (Å²) < 4.78 is 26.3. The maximum Gasteiger partial charge on any atom is 0.240 e. The predicted molar refractivity (Wildman–Crippen MR) is 74.3 cm³/mol. The Morgan fingerprint density at radius 3 is 2.37 bits per heavy atom. The Kier molecular flexibility index (Phi) is 5.98. The number of rotatable bonds is 7. The summed E-state index contributed by atoms with van der Waals surface area (Å²) in [6.45, 7) is 4.46. The molecule has 0 radical (unpaired) electrons. The first-order valence-corrected chi connectivity index (χ1v) is 7.77. The fourth-order valence-electron chi connectivity index (χ4n) is 1.45. The van der Waals surface area contributed by atoms with Crippen LogP contribution in [0.15, 0.2) is 29.2 Å². The molecular formula is C13H20N2O3S. The van der Waals surface area contributed by atoms with Gasteiger partial charge in [0.15, 0.2) is 0 Å². The van der Waals surface area contributed by atoms with Crippen LogP contribution < -0.4 is 10.0 Å². The van der Waals surface area contributed by atoms with Crippen LogP contribution in [-0.2, 0) is 14.8 Å². The van der Waals surface area contributed by atoms with Crippen molar-refractivity contribution in [1.82, 2.24) is 10.0 Å². The van der Waals surface area contributed by atoms with Gasteiger partial charge in [0.2, 0.25) is 15.9 Å². The van der Waals surface area contributed by atoms with Crippen molar-refractivity contribution in [2.24, 2.45) is 0 Å². The molecule has 0 heterocycles. The third-order valence-electron chi connectivity index (χ3n) is 2.62. The van der Waals surface area contributed by atoms with Crippen LogP contribution in [0.4, 0.5) is 0 Å². The van der Waals surface area contributed by atoms with E-state index in [1.165, 1.54) is 0 Å². The van der Waals surface area contributed by atoms with E-state index in [4.69, 9.17) is 0 Å². The second kappa shape index (κ2) is 7.25. The minimum absolute atomic E-state index is 0.0265. The Morgan fingerprint density at radius 2 is 1.79 bits per heavy atom. The molecule has 0 bridgehead atoms. The van der Waals surface area contributed by atoms with Gasteiger partial charge in [-0.25, -0.2) is 13.1 Å². The summed E-state index contributed by atoms with van der Waals surface area (Å²) in [5.74, 6) is -0.0265. The van der Waals surface area contributed by atoms with E-state index in [9.17, 15) is 13.2 Å². The monoisotopic (exact) mass is 284 g/mol. The van der Waals surface area contributed by atoms with E-state index in [1.54, 1.807) is 31.2 Å². The lowest BCUT2D eigenvalue weighted by atomic mass is 10.2. The molecule has 1 aromatic carbocycles. The van der Waals surface area contributed by atoms with Gasteiger partial charge in [-0.15, -0.1) is 0 Å². The fraction of sp³-hybridized carbons (Fsp3) is 0.462. The van der Waals surface area contributed by atoms with Crippen LogP contribution in [0, 0.1) is 6.92 Å². The van der Waals surface area contributed by atoms with Crippen molar-refractivity contribution in [2.45, 2.75) is 31.6 Å². The number of amides is 1.